The van der Waals surface area contributed by atoms with Gasteiger partial charge in [-0.15, -0.1) is 36.2 Å². The minimum atomic E-state index is 0. The number of halogens is 2. The lowest BCUT2D eigenvalue weighted by Crippen LogP contribution is -2.42. The molecule has 3 aromatic rings. The molecular weight excluding hydrogens is 479 g/mol. The molecule has 6 nitrogen and oxygen atoms in total. The van der Waals surface area contributed by atoms with Gasteiger partial charge in [0.2, 0.25) is 0 Å². The minimum absolute atomic E-state index is 0. The molecule has 3 aliphatic rings. The van der Waals surface area contributed by atoms with Crippen LogP contribution >= 0.6 is 36.2 Å². The van der Waals surface area contributed by atoms with Crippen LogP contribution in [-0.4, -0.2) is 48.7 Å². The van der Waals surface area contributed by atoms with E-state index in [1.54, 1.807) is 13.3 Å². The van der Waals surface area contributed by atoms with Crippen LogP contribution in [-0.2, 0) is 6.42 Å². The summed E-state index contributed by atoms with van der Waals surface area (Å²) in [5.74, 6) is 2.30. The molecule has 1 amide bonds. The predicted molar refractivity (Wildman–Crippen MR) is 138 cm³/mol. The van der Waals surface area contributed by atoms with E-state index < -0.39 is 0 Å². The van der Waals surface area contributed by atoms with Crippen molar-refractivity contribution in [1.29, 1.82) is 0 Å². The largest absolute Gasteiger partial charge is 0.496 e. The Morgan fingerprint density at radius 3 is 2.97 bits per heavy atom. The molecule has 3 atom stereocenters. The molecule has 1 fully saturated rings. The highest BCUT2D eigenvalue weighted by Gasteiger charge is 2.41. The van der Waals surface area contributed by atoms with Gasteiger partial charge in [-0.1, -0.05) is 12.1 Å². The SMILES string of the molecule is COc1cccc2c1CC[C@H]1CNC(CCN3CNc4c(sc5ncccc45)C3=O)[C@@H]21.Cl.Cl. The minimum Gasteiger partial charge on any atom is -0.496 e. The summed E-state index contributed by atoms with van der Waals surface area (Å²) in [4.78, 5) is 21.3. The third-order valence-corrected chi connectivity index (χ3v) is 8.30. The topological polar surface area (TPSA) is 66.5 Å². The van der Waals surface area contributed by atoms with Gasteiger partial charge in [-0.05, 0) is 61.1 Å². The van der Waals surface area contributed by atoms with Gasteiger partial charge in [0.25, 0.3) is 5.91 Å². The number of aromatic nitrogens is 1. The number of pyridine rings is 1. The lowest BCUT2D eigenvalue weighted by Gasteiger charge is -2.33. The van der Waals surface area contributed by atoms with Crippen molar-refractivity contribution >= 4 is 58.0 Å². The summed E-state index contributed by atoms with van der Waals surface area (Å²) in [5, 5.41) is 8.28. The van der Waals surface area contributed by atoms with Crippen LogP contribution in [0.4, 0.5) is 5.69 Å². The van der Waals surface area contributed by atoms with Gasteiger partial charge in [0.05, 0.1) is 19.5 Å². The number of rotatable bonds is 4. The van der Waals surface area contributed by atoms with Gasteiger partial charge >= 0.3 is 0 Å². The first-order chi connectivity index (χ1) is 15.2. The standard InChI is InChI=1S/C24H26N4O2S.2ClH/c1-30-19-6-2-4-16-15(19)8-7-14-12-26-18(20(14)16)9-11-28-13-27-21-17-5-3-10-25-23(17)31-22(21)24(28)29;;/h2-6,10,14,18,20,26-27H,7-9,11-13H2,1H3;2*1H/t14-,18?,20+;;/m0../s1. The molecule has 2 aromatic heterocycles. The number of fused-ring (bicyclic) bond motifs is 6. The van der Waals surface area contributed by atoms with Gasteiger partial charge in [0, 0.05) is 30.1 Å². The molecule has 176 valence electrons. The molecule has 33 heavy (non-hydrogen) atoms. The molecule has 2 N–H and O–H groups in total. The number of hydrogen-bond donors (Lipinski definition) is 2. The van der Waals surface area contributed by atoms with Crippen LogP contribution in [0.1, 0.15) is 39.6 Å². The second-order valence-corrected chi connectivity index (χ2v) is 9.72. The number of amides is 1. The Kier molecular flexibility index (Phi) is 7.05. The lowest BCUT2D eigenvalue weighted by atomic mass is 9.73. The molecule has 0 spiro atoms. The van der Waals surface area contributed by atoms with Crippen molar-refractivity contribution in [3.63, 3.8) is 0 Å². The highest BCUT2D eigenvalue weighted by molar-refractivity contribution is 7.21. The van der Waals surface area contributed by atoms with E-state index in [0.29, 0.717) is 24.5 Å². The number of nitrogens with one attached hydrogen (secondary N) is 2. The number of hydrogen-bond acceptors (Lipinski definition) is 6. The number of nitrogens with zero attached hydrogens (tertiary/aromatic N) is 2. The molecule has 4 heterocycles. The van der Waals surface area contributed by atoms with Gasteiger partial charge < -0.3 is 20.3 Å². The van der Waals surface area contributed by atoms with E-state index in [1.165, 1.54) is 28.9 Å². The van der Waals surface area contributed by atoms with Crippen molar-refractivity contribution in [2.45, 2.75) is 31.2 Å². The van der Waals surface area contributed by atoms with E-state index in [0.717, 1.165) is 52.5 Å². The van der Waals surface area contributed by atoms with Crippen molar-refractivity contribution < 1.29 is 9.53 Å². The van der Waals surface area contributed by atoms with Crippen molar-refractivity contribution in [3.05, 3.63) is 52.5 Å². The number of anilines is 1. The summed E-state index contributed by atoms with van der Waals surface area (Å²) in [6.07, 6.45) is 5.02. The second kappa shape index (κ2) is 9.66. The summed E-state index contributed by atoms with van der Waals surface area (Å²) in [6, 6.07) is 10.8. The summed E-state index contributed by atoms with van der Waals surface area (Å²) < 4.78 is 5.64. The molecule has 1 saturated heterocycles. The molecule has 1 aromatic carbocycles. The number of carbonyl (C=O) groups is 1. The average Bonchev–Trinajstić information content (AvgIpc) is 3.40. The van der Waals surface area contributed by atoms with Crippen LogP contribution in [0, 0.1) is 5.92 Å². The fourth-order valence-corrected chi connectivity index (χ4v) is 6.81. The summed E-state index contributed by atoms with van der Waals surface area (Å²) in [5.41, 5.74) is 3.76. The van der Waals surface area contributed by atoms with E-state index >= 15 is 0 Å². The first-order valence-electron chi connectivity index (χ1n) is 11.0. The normalized spacial score (nSPS) is 23.0. The first kappa shape index (κ1) is 24.1. The van der Waals surface area contributed by atoms with Crippen molar-refractivity contribution in [2.24, 2.45) is 5.92 Å². The highest BCUT2D eigenvalue weighted by atomic mass is 35.5. The van der Waals surface area contributed by atoms with Gasteiger partial charge in [-0.25, -0.2) is 4.98 Å². The van der Waals surface area contributed by atoms with E-state index in [1.807, 2.05) is 17.0 Å². The Bertz CT molecular complexity index is 1170. The molecule has 0 saturated carbocycles. The molecule has 1 aliphatic carbocycles. The van der Waals surface area contributed by atoms with Crippen LogP contribution in [0.5, 0.6) is 5.75 Å². The first-order valence-corrected chi connectivity index (χ1v) is 11.9. The molecule has 1 unspecified atom stereocenters. The number of benzene rings is 1. The Labute approximate surface area is 209 Å². The van der Waals surface area contributed by atoms with Gasteiger partial charge in [0.15, 0.2) is 0 Å². The Morgan fingerprint density at radius 2 is 2.12 bits per heavy atom. The van der Waals surface area contributed by atoms with Crippen molar-refractivity contribution in [1.82, 2.24) is 15.2 Å². The quantitative estimate of drug-likeness (QED) is 0.537. The van der Waals surface area contributed by atoms with Gasteiger partial charge in [-0.2, -0.15) is 0 Å². The maximum atomic E-state index is 13.2. The number of carbonyl (C=O) groups excluding carboxylic acids is 1. The maximum Gasteiger partial charge on any atom is 0.267 e. The number of methoxy groups -OCH3 is 1. The Hall–Kier alpha value is -2.06. The van der Waals surface area contributed by atoms with E-state index in [9.17, 15) is 4.79 Å². The van der Waals surface area contributed by atoms with Crippen LogP contribution in [0.15, 0.2) is 36.5 Å². The number of thiophene rings is 1. The molecule has 0 radical (unpaired) electrons. The summed E-state index contributed by atoms with van der Waals surface area (Å²) in [6.45, 7) is 2.36. The third kappa shape index (κ3) is 3.95. The smallest absolute Gasteiger partial charge is 0.267 e. The molecule has 2 aliphatic heterocycles. The van der Waals surface area contributed by atoms with Crippen LogP contribution in [0.25, 0.3) is 10.2 Å². The van der Waals surface area contributed by atoms with Crippen molar-refractivity contribution in [2.75, 3.05) is 32.2 Å². The predicted octanol–water partition coefficient (Wildman–Crippen LogP) is 4.68. The summed E-state index contributed by atoms with van der Waals surface area (Å²) >= 11 is 1.49. The zero-order valence-electron chi connectivity index (χ0n) is 18.4. The Balaban J connectivity index is 0.00000130. The maximum absolute atomic E-state index is 13.2. The zero-order valence-corrected chi connectivity index (χ0v) is 20.8. The van der Waals surface area contributed by atoms with Gasteiger partial charge in [-0.3, -0.25) is 4.79 Å². The second-order valence-electron chi connectivity index (χ2n) is 8.72. The highest BCUT2D eigenvalue weighted by Crippen LogP contribution is 2.45. The fraction of sp³-hybridized carbons (Fsp3) is 0.417. The average molecular weight is 507 g/mol. The number of ether oxygens (including phenoxy) is 1. The third-order valence-electron chi connectivity index (χ3n) is 7.20. The fourth-order valence-electron chi connectivity index (χ4n) is 5.73. The molecular formula is C24H28Cl2N4O2S. The van der Waals surface area contributed by atoms with E-state index in [4.69, 9.17) is 4.74 Å². The van der Waals surface area contributed by atoms with E-state index in [-0.39, 0.29) is 30.7 Å². The van der Waals surface area contributed by atoms with Crippen LogP contribution in [0.3, 0.4) is 0 Å². The van der Waals surface area contributed by atoms with Crippen LogP contribution in [0.2, 0.25) is 0 Å². The molecule has 6 rings (SSSR count). The zero-order chi connectivity index (χ0) is 20.9. The van der Waals surface area contributed by atoms with E-state index in [2.05, 4.69) is 33.8 Å². The van der Waals surface area contributed by atoms with Gasteiger partial charge in [0.1, 0.15) is 15.5 Å². The summed E-state index contributed by atoms with van der Waals surface area (Å²) in [7, 11) is 1.76. The molecule has 9 heteroatoms. The lowest BCUT2D eigenvalue weighted by molar-refractivity contribution is 0.0757. The van der Waals surface area contributed by atoms with Crippen molar-refractivity contribution in [3.8, 4) is 5.75 Å². The monoisotopic (exact) mass is 506 g/mol. The Morgan fingerprint density at radius 1 is 1.24 bits per heavy atom. The molecule has 0 bridgehead atoms. The van der Waals surface area contributed by atoms with Crippen LogP contribution < -0.4 is 15.4 Å².